The van der Waals surface area contributed by atoms with E-state index in [1.165, 1.54) is 31.0 Å². The van der Waals surface area contributed by atoms with Gasteiger partial charge in [0.1, 0.15) is 0 Å². The molecular formula is C24H22N4O4S. The molecule has 0 unspecified atom stereocenters. The average Bonchev–Trinajstić information content (AvgIpc) is 3.19. The molecule has 1 N–H and O–H groups in total. The number of carbonyl (C=O) groups is 1. The van der Waals surface area contributed by atoms with E-state index in [9.17, 15) is 14.9 Å². The van der Waals surface area contributed by atoms with Crippen molar-refractivity contribution in [3.8, 4) is 5.75 Å². The lowest BCUT2D eigenvalue weighted by atomic mass is 10.2. The van der Waals surface area contributed by atoms with Gasteiger partial charge in [-0.1, -0.05) is 60.3 Å². The van der Waals surface area contributed by atoms with Crippen LogP contribution in [0.1, 0.15) is 11.1 Å². The molecule has 4 rings (SSSR count). The summed E-state index contributed by atoms with van der Waals surface area (Å²) in [7, 11) is 1.38. The van der Waals surface area contributed by atoms with Crippen LogP contribution in [0.2, 0.25) is 0 Å². The van der Waals surface area contributed by atoms with Crippen molar-refractivity contribution < 1.29 is 14.5 Å². The van der Waals surface area contributed by atoms with Gasteiger partial charge in [-0.15, -0.1) is 0 Å². The maximum Gasteiger partial charge on any atom is 0.311 e. The maximum atomic E-state index is 12.5. The minimum Gasteiger partial charge on any atom is -0.490 e. The average molecular weight is 463 g/mol. The smallest absolute Gasteiger partial charge is 0.311 e. The second kappa shape index (κ2) is 10.2. The fraction of sp³-hybridized carbons (Fsp3) is 0.167. The van der Waals surface area contributed by atoms with Crippen LogP contribution in [0.25, 0.3) is 11.0 Å². The third kappa shape index (κ3) is 5.32. The first-order valence-electron chi connectivity index (χ1n) is 10.2. The molecule has 0 saturated heterocycles. The molecule has 0 atom stereocenters. The number of nitrogens with one attached hydrogen (secondary N) is 1. The van der Waals surface area contributed by atoms with Crippen molar-refractivity contribution in [3.05, 3.63) is 94.0 Å². The number of para-hydroxylation sites is 2. The first-order valence-corrected chi connectivity index (χ1v) is 11.2. The highest BCUT2D eigenvalue weighted by Crippen LogP contribution is 2.28. The van der Waals surface area contributed by atoms with E-state index in [4.69, 9.17) is 9.72 Å². The number of aromatic nitrogens is 2. The molecule has 0 aliphatic carbocycles. The van der Waals surface area contributed by atoms with Gasteiger partial charge in [-0.2, -0.15) is 0 Å². The molecule has 1 heterocycles. The maximum absolute atomic E-state index is 12.5. The van der Waals surface area contributed by atoms with Gasteiger partial charge in [-0.3, -0.25) is 14.9 Å². The third-order valence-electron chi connectivity index (χ3n) is 5.07. The monoisotopic (exact) mass is 462 g/mol. The second-order valence-corrected chi connectivity index (χ2v) is 8.23. The van der Waals surface area contributed by atoms with E-state index in [-0.39, 0.29) is 29.6 Å². The number of nitro groups is 1. The number of imidazole rings is 1. The van der Waals surface area contributed by atoms with E-state index in [1.54, 1.807) is 6.07 Å². The Bertz CT molecular complexity index is 1290. The molecule has 0 bridgehead atoms. The molecule has 0 spiro atoms. The second-order valence-electron chi connectivity index (χ2n) is 7.28. The van der Waals surface area contributed by atoms with Gasteiger partial charge in [0.2, 0.25) is 5.91 Å². The first kappa shape index (κ1) is 22.3. The predicted molar refractivity (Wildman–Crippen MR) is 127 cm³/mol. The number of amides is 1. The molecule has 1 aromatic heterocycles. The molecule has 9 heteroatoms. The number of ether oxygens (including phenoxy) is 1. The Morgan fingerprint density at radius 2 is 1.85 bits per heavy atom. The van der Waals surface area contributed by atoms with E-state index in [1.807, 2.05) is 42.5 Å². The van der Waals surface area contributed by atoms with Crippen LogP contribution in [0, 0.1) is 10.1 Å². The van der Waals surface area contributed by atoms with Crippen LogP contribution in [-0.4, -0.2) is 33.2 Å². The number of hydrogen-bond donors (Lipinski definition) is 1. The Balaban J connectivity index is 1.43. The van der Waals surface area contributed by atoms with Crippen LogP contribution in [0.4, 0.5) is 5.69 Å². The Labute approximate surface area is 194 Å². The molecule has 0 saturated carbocycles. The summed E-state index contributed by atoms with van der Waals surface area (Å²) in [5.74, 6) is 0.177. The lowest BCUT2D eigenvalue weighted by molar-refractivity contribution is -0.385. The zero-order valence-electron chi connectivity index (χ0n) is 17.9. The van der Waals surface area contributed by atoms with E-state index in [2.05, 4.69) is 22.0 Å². The number of benzene rings is 3. The van der Waals surface area contributed by atoms with Crippen molar-refractivity contribution in [2.75, 3.05) is 12.9 Å². The summed E-state index contributed by atoms with van der Waals surface area (Å²) < 4.78 is 7.12. The third-order valence-corrected chi connectivity index (χ3v) is 6.04. The number of methoxy groups -OCH3 is 1. The van der Waals surface area contributed by atoms with Gasteiger partial charge in [-0.25, -0.2) is 4.98 Å². The largest absolute Gasteiger partial charge is 0.490 e. The Hall–Kier alpha value is -3.85. The summed E-state index contributed by atoms with van der Waals surface area (Å²) in [5, 5.41) is 14.8. The van der Waals surface area contributed by atoms with Crippen molar-refractivity contribution in [1.29, 1.82) is 0 Å². The lowest BCUT2D eigenvalue weighted by Crippen LogP contribution is -2.24. The number of thioether (sulfide) groups is 1. The molecule has 4 aromatic rings. The molecule has 168 valence electrons. The van der Waals surface area contributed by atoms with Crippen LogP contribution >= 0.6 is 11.8 Å². The van der Waals surface area contributed by atoms with Crippen molar-refractivity contribution in [3.63, 3.8) is 0 Å². The predicted octanol–water partition coefficient (Wildman–Crippen LogP) is 4.41. The molecule has 1 amide bonds. The van der Waals surface area contributed by atoms with Gasteiger partial charge in [0.15, 0.2) is 10.9 Å². The topological polar surface area (TPSA) is 99.3 Å². The molecule has 3 aromatic carbocycles. The Kier molecular flexibility index (Phi) is 6.89. The Morgan fingerprint density at radius 3 is 2.61 bits per heavy atom. The highest BCUT2D eigenvalue weighted by molar-refractivity contribution is 7.99. The van der Waals surface area contributed by atoms with Gasteiger partial charge >= 0.3 is 5.69 Å². The van der Waals surface area contributed by atoms with Crippen LogP contribution in [0.15, 0.2) is 78.0 Å². The van der Waals surface area contributed by atoms with E-state index in [0.29, 0.717) is 12.1 Å². The zero-order chi connectivity index (χ0) is 23.2. The lowest BCUT2D eigenvalue weighted by Gasteiger charge is -2.10. The van der Waals surface area contributed by atoms with E-state index >= 15 is 0 Å². The SMILES string of the molecule is COc1ccc(CNC(=O)CSc2nc3ccccc3n2Cc2ccccc2)cc1[N+](=O)[O-]. The molecular weight excluding hydrogens is 440 g/mol. The highest BCUT2D eigenvalue weighted by atomic mass is 32.2. The number of fused-ring (bicyclic) bond motifs is 1. The minimum absolute atomic E-state index is 0.131. The van der Waals surface area contributed by atoms with Gasteiger partial charge in [0.05, 0.1) is 35.4 Å². The highest BCUT2D eigenvalue weighted by Gasteiger charge is 2.16. The quantitative estimate of drug-likeness (QED) is 0.225. The zero-order valence-corrected chi connectivity index (χ0v) is 18.7. The van der Waals surface area contributed by atoms with Crippen molar-refractivity contribution in [1.82, 2.24) is 14.9 Å². The summed E-state index contributed by atoms with van der Waals surface area (Å²) >= 11 is 1.36. The number of nitrogens with zero attached hydrogens (tertiary/aromatic N) is 3. The van der Waals surface area contributed by atoms with E-state index < -0.39 is 4.92 Å². The summed E-state index contributed by atoms with van der Waals surface area (Å²) in [6, 6.07) is 22.6. The van der Waals surface area contributed by atoms with Gasteiger partial charge in [-0.05, 0) is 29.3 Å². The van der Waals surface area contributed by atoms with Crippen LogP contribution < -0.4 is 10.1 Å². The van der Waals surface area contributed by atoms with Crippen LogP contribution in [0.5, 0.6) is 5.75 Å². The fourth-order valence-electron chi connectivity index (χ4n) is 3.45. The molecule has 33 heavy (non-hydrogen) atoms. The normalized spacial score (nSPS) is 10.8. The standard InChI is InChI=1S/C24H22N4O4S/c1-32-22-12-11-18(13-21(22)28(30)31)14-25-23(29)16-33-24-26-19-9-5-6-10-20(19)27(24)15-17-7-3-2-4-8-17/h2-13H,14-16H2,1H3,(H,25,29). The molecule has 8 nitrogen and oxygen atoms in total. The first-order chi connectivity index (χ1) is 16.0. The van der Waals surface area contributed by atoms with Crippen molar-refractivity contribution in [2.24, 2.45) is 0 Å². The molecule has 0 fully saturated rings. The van der Waals surface area contributed by atoms with Gasteiger partial charge in [0, 0.05) is 12.6 Å². The summed E-state index contributed by atoms with van der Waals surface area (Å²) in [5.41, 5.74) is 3.52. The summed E-state index contributed by atoms with van der Waals surface area (Å²) in [6.07, 6.45) is 0. The molecule has 0 aliphatic heterocycles. The fourth-order valence-corrected chi connectivity index (χ4v) is 4.30. The number of carbonyl (C=O) groups excluding carboxylic acids is 1. The summed E-state index contributed by atoms with van der Waals surface area (Å²) in [6.45, 7) is 0.839. The van der Waals surface area contributed by atoms with Gasteiger partial charge in [0.25, 0.3) is 0 Å². The van der Waals surface area contributed by atoms with Crippen molar-refractivity contribution in [2.45, 2.75) is 18.2 Å². The number of rotatable bonds is 9. The Morgan fingerprint density at radius 1 is 1.09 bits per heavy atom. The molecule has 0 aliphatic rings. The van der Waals surface area contributed by atoms with E-state index in [0.717, 1.165) is 21.8 Å². The van der Waals surface area contributed by atoms with Crippen molar-refractivity contribution >= 4 is 34.4 Å². The van der Waals surface area contributed by atoms with Crippen LogP contribution in [-0.2, 0) is 17.9 Å². The summed E-state index contributed by atoms with van der Waals surface area (Å²) in [4.78, 5) is 27.9. The number of hydrogen-bond acceptors (Lipinski definition) is 6. The van der Waals surface area contributed by atoms with Gasteiger partial charge < -0.3 is 14.6 Å². The molecule has 0 radical (unpaired) electrons. The number of nitro benzene ring substituents is 1. The van der Waals surface area contributed by atoms with Crippen LogP contribution in [0.3, 0.4) is 0 Å². The minimum atomic E-state index is -0.503.